The van der Waals surface area contributed by atoms with Crippen molar-refractivity contribution < 1.29 is 9.72 Å². The van der Waals surface area contributed by atoms with Gasteiger partial charge in [-0.3, -0.25) is 14.9 Å². The predicted molar refractivity (Wildman–Crippen MR) is 94.0 cm³/mol. The number of nitro groups is 1. The Kier molecular flexibility index (Phi) is 3.17. The number of nitrogens with one attached hydrogen (secondary N) is 1. The molecule has 0 atom stereocenters. The minimum atomic E-state index is -0.515. The Hall–Kier alpha value is -3.06. The maximum atomic E-state index is 12.3. The first-order valence-electron chi connectivity index (χ1n) is 7.20. The number of pyridine rings is 1. The van der Waals surface area contributed by atoms with Crippen LogP contribution < -0.4 is 5.32 Å². The van der Waals surface area contributed by atoms with Gasteiger partial charge in [0.15, 0.2) is 0 Å². The number of carbonyl (C=O) groups excluding carboxylic acids is 1. The number of aromatic nitrogens is 1. The van der Waals surface area contributed by atoms with Crippen LogP contribution in [0.2, 0.25) is 0 Å². The van der Waals surface area contributed by atoms with Crippen LogP contribution in [0.15, 0.2) is 36.5 Å². The third-order valence-corrected chi connectivity index (χ3v) is 5.23. The summed E-state index contributed by atoms with van der Waals surface area (Å²) in [5.41, 5.74) is 1.81. The van der Waals surface area contributed by atoms with Crippen molar-refractivity contribution in [3.8, 4) is 0 Å². The topological polar surface area (TPSA) is 85.1 Å². The largest absolute Gasteiger partial charge is 0.306 e. The minimum absolute atomic E-state index is 0.135. The second-order valence-corrected chi connectivity index (χ2v) is 6.53. The van der Waals surface area contributed by atoms with Crippen molar-refractivity contribution in [1.82, 2.24) is 4.98 Å². The van der Waals surface area contributed by atoms with E-state index in [-0.39, 0.29) is 11.6 Å². The van der Waals surface area contributed by atoms with Gasteiger partial charge in [-0.15, -0.1) is 11.3 Å². The van der Waals surface area contributed by atoms with Crippen molar-refractivity contribution in [1.29, 1.82) is 0 Å². The van der Waals surface area contributed by atoms with E-state index >= 15 is 0 Å². The van der Waals surface area contributed by atoms with Gasteiger partial charge in [0.2, 0.25) is 0 Å². The van der Waals surface area contributed by atoms with Crippen LogP contribution in [0.4, 0.5) is 11.5 Å². The Labute approximate surface area is 140 Å². The number of amides is 1. The zero-order valence-corrected chi connectivity index (χ0v) is 13.4. The number of nitrogens with zero attached hydrogens (tertiary/aromatic N) is 2. The van der Waals surface area contributed by atoms with Crippen LogP contribution in [0.25, 0.3) is 21.7 Å². The average molecular weight is 337 g/mol. The molecular weight excluding hydrogens is 326 g/mol. The van der Waals surface area contributed by atoms with Gasteiger partial charge in [-0.1, -0.05) is 18.2 Å². The average Bonchev–Trinajstić information content (AvgIpc) is 3.05. The molecule has 0 unspecified atom stereocenters. The molecule has 24 heavy (non-hydrogen) atoms. The fourth-order valence-corrected chi connectivity index (χ4v) is 3.92. The highest BCUT2D eigenvalue weighted by molar-refractivity contribution is 7.20. The maximum absolute atomic E-state index is 12.3. The van der Waals surface area contributed by atoms with Crippen LogP contribution in [-0.4, -0.2) is 15.8 Å². The number of anilines is 1. The van der Waals surface area contributed by atoms with Crippen molar-refractivity contribution in [2.24, 2.45) is 0 Å². The first-order valence-corrected chi connectivity index (χ1v) is 8.02. The van der Waals surface area contributed by atoms with Crippen LogP contribution in [-0.2, 0) is 4.79 Å². The lowest BCUT2D eigenvalue weighted by Crippen LogP contribution is -2.04. The highest BCUT2D eigenvalue weighted by Gasteiger charge is 2.28. The number of hydrogen-bond acceptors (Lipinski definition) is 5. The molecule has 1 aromatic carbocycles. The molecule has 7 heteroatoms. The van der Waals surface area contributed by atoms with E-state index in [9.17, 15) is 14.9 Å². The normalized spacial score (nSPS) is 14.9. The molecule has 1 N–H and O–H groups in total. The summed E-state index contributed by atoms with van der Waals surface area (Å²) < 4.78 is 1.14. The van der Waals surface area contributed by atoms with Gasteiger partial charge >= 0.3 is 0 Å². The molecule has 6 nitrogen and oxygen atoms in total. The Morgan fingerprint density at radius 2 is 2.12 bits per heavy atom. The van der Waals surface area contributed by atoms with Crippen molar-refractivity contribution in [3.63, 3.8) is 0 Å². The van der Waals surface area contributed by atoms with Crippen molar-refractivity contribution in [2.45, 2.75) is 6.92 Å². The van der Waals surface area contributed by atoms with Gasteiger partial charge in [-0.2, -0.15) is 0 Å². The SMILES string of the molecule is Cc1c(C=C2C(=O)Nc3ncc([N+](=O)[O-])cc32)sc2ccccc12. The van der Waals surface area contributed by atoms with Gasteiger partial charge in [-0.05, 0) is 30.0 Å². The number of fused-ring (bicyclic) bond motifs is 2. The predicted octanol–water partition coefficient (Wildman–Crippen LogP) is 4.01. The van der Waals surface area contributed by atoms with Crippen molar-refractivity contribution in [2.75, 3.05) is 5.32 Å². The number of carbonyl (C=O) groups is 1. The molecule has 0 saturated heterocycles. The Bertz CT molecular complexity index is 1050. The van der Waals surface area contributed by atoms with Crippen LogP contribution in [0.3, 0.4) is 0 Å². The highest BCUT2D eigenvalue weighted by Crippen LogP contribution is 2.37. The Morgan fingerprint density at radius 1 is 1.33 bits per heavy atom. The van der Waals surface area contributed by atoms with Gasteiger partial charge in [0.1, 0.15) is 12.0 Å². The van der Waals surface area contributed by atoms with Gasteiger partial charge in [0.25, 0.3) is 11.6 Å². The zero-order chi connectivity index (χ0) is 16.8. The monoisotopic (exact) mass is 337 g/mol. The zero-order valence-electron chi connectivity index (χ0n) is 12.6. The van der Waals surface area contributed by atoms with Crippen LogP contribution in [0.1, 0.15) is 16.0 Å². The smallest absolute Gasteiger partial charge is 0.288 e. The molecule has 3 aromatic rings. The van der Waals surface area contributed by atoms with Gasteiger partial charge in [0.05, 0.1) is 10.5 Å². The van der Waals surface area contributed by atoms with E-state index in [1.165, 1.54) is 6.07 Å². The molecule has 0 radical (unpaired) electrons. The van der Waals surface area contributed by atoms with Crippen molar-refractivity contribution in [3.05, 3.63) is 62.6 Å². The molecule has 1 aliphatic rings. The third kappa shape index (κ3) is 2.17. The summed E-state index contributed by atoms with van der Waals surface area (Å²) in [5.74, 6) is 0.0606. The van der Waals surface area contributed by atoms with Gasteiger partial charge < -0.3 is 5.32 Å². The summed E-state index contributed by atoms with van der Waals surface area (Å²) in [4.78, 5) is 27.6. The number of thiophene rings is 1. The molecule has 2 aromatic heterocycles. The first kappa shape index (κ1) is 14.5. The first-order chi connectivity index (χ1) is 11.5. The lowest BCUT2D eigenvalue weighted by molar-refractivity contribution is -0.385. The molecule has 0 fully saturated rings. The molecule has 118 valence electrons. The summed E-state index contributed by atoms with van der Waals surface area (Å²) >= 11 is 1.59. The van der Waals surface area contributed by atoms with E-state index in [1.54, 1.807) is 17.4 Å². The number of benzene rings is 1. The standard InChI is InChI=1S/C17H11N3O3S/c1-9-11-4-2-3-5-14(11)24-15(9)7-13-12-6-10(20(22)23)8-18-16(12)19-17(13)21/h2-8H,1H3,(H,18,19,21). The second-order valence-electron chi connectivity index (χ2n) is 5.45. The summed E-state index contributed by atoms with van der Waals surface area (Å²) in [6.45, 7) is 2.00. The molecule has 0 aliphatic carbocycles. The molecule has 0 spiro atoms. The minimum Gasteiger partial charge on any atom is -0.306 e. The highest BCUT2D eigenvalue weighted by atomic mass is 32.1. The second kappa shape index (κ2) is 5.24. The number of aryl methyl sites for hydroxylation is 1. The Morgan fingerprint density at radius 3 is 2.88 bits per heavy atom. The number of hydrogen-bond donors (Lipinski definition) is 1. The van der Waals surface area contributed by atoms with E-state index in [4.69, 9.17) is 0 Å². The third-order valence-electron chi connectivity index (χ3n) is 4.01. The van der Waals surface area contributed by atoms with Gasteiger partial charge in [-0.25, -0.2) is 4.98 Å². The lowest BCUT2D eigenvalue weighted by Gasteiger charge is -1.98. The summed E-state index contributed by atoms with van der Waals surface area (Å²) in [6, 6.07) is 9.40. The maximum Gasteiger partial charge on any atom is 0.288 e. The van der Waals surface area contributed by atoms with Crippen LogP contribution in [0, 0.1) is 17.0 Å². The molecule has 3 heterocycles. The fraction of sp³-hybridized carbons (Fsp3) is 0.0588. The van der Waals surface area contributed by atoms with Crippen molar-refractivity contribution >= 4 is 50.5 Å². The summed E-state index contributed by atoms with van der Waals surface area (Å²) in [5, 5.41) is 14.8. The fourth-order valence-electron chi connectivity index (χ4n) is 2.76. The van der Waals surface area contributed by atoms with Gasteiger partial charge in [0, 0.05) is 21.2 Å². The van der Waals surface area contributed by atoms with Crippen LogP contribution in [0.5, 0.6) is 0 Å². The summed E-state index contributed by atoms with van der Waals surface area (Å²) in [7, 11) is 0. The molecule has 0 saturated carbocycles. The molecule has 1 amide bonds. The molecular formula is C17H11N3O3S. The quantitative estimate of drug-likeness (QED) is 0.435. The van der Waals surface area contributed by atoms with E-state index < -0.39 is 4.92 Å². The molecule has 0 bridgehead atoms. The lowest BCUT2D eigenvalue weighted by atomic mass is 10.1. The Balaban J connectivity index is 1.89. The number of rotatable bonds is 2. The molecule has 4 rings (SSSR count). The van der Waals surface area contributed by atoms with E-state index in [1.807, 2.05) is 31.2 Å². The van der Waals surface area contributed by atoms with E-state index in [2.05, 4.69) is 10.3 Å². The summed E-state index contributed by atoms with van der Waals surface area (Å²) in [6.07, 6.45) is 2.93. The van der Waals surface area contributed by atoms with E-state index in [0.29, 0.717) is 17.0 Å². The van der Waals surface area contributed by atoms with Crippen LogP contribution >= 0.6 is 11.3 Å². The van der Waals surface area contributed by atoms with E-state index in [0.717, 1.165) is 26.7 Å². The molecule has 1 aliphatic heterocycles.